The third-order valence-corrected chi connectivity index (χ3v) is 10.1. The van der Waals surface area contributed by atoms with E-state index >= 15 is 0 Å². The number of amides is 5. The van der Waals surface area contributed by atoms with Gasteiger partial charge in [-0.25, -0.2) is 4.79 Å². The van der Waals surface area contributed by atoms with Gasteiger partial charge in [0.1, 0.15) is 0 Å². The lowest BCUT2D eigenvalue weighted by Crippen LogP contribution is -2.60. The summed E-state index contributed by atoms with van der Waals surface area (Å²) in [7, 11) is 0. The average molecular weight is 843 g/mol. The Balaban J connectivity index is 0. The zero-order valence-corrected chi connectivity index (χ0v) is 38.6. The van der Waals surface area contributed by atoms with Crippen LogP contribution in [0, 0.1) is 17.8 Å². The summed E-state index contributed by atoms with van der Waals surface area (Å²) in [6, 6.07) is -2.11. The van der Waals surface area contributed by atoms with Crippen molar-refractivity contribution in [3.8, 4) is 0 Å². The number of primary amides is 1. The Hall–Kier alpha value is -3.31. The number of carbonyl (C=O) groups is 7. The monoisotopic (exact) mass is 843 g/mol. The molecular weight excluding hydrogens is 761 g/mol. The Morgan fingerprint density at radius 3 is 1.80 bits per heavy atom. The Bertz CT molecular complexity index is 1240. The molecule has 0 saturated heterocycles. The van der Waals surface area contributed by atoms with Crippen LogP contribution in [0.2, 0.25) is 0 Å². The van der Waals surface area contributed by atoms with Gasteiger partial charge in [-0.05, 0) is 78.1 Å². The van der Waals surface area contributed by atoms with Gasteiger partial charge in [-0.3, -0.25) is 39.0 Å². The van der Waals surface area contributed by atoms with Crippen molar-refractivity contribution in [2.45, 2.75) is 158 Å². The Morgan fingerprint density at radius 1 is 0.712 bits per heavy atom. The number of nitrogens with zero attached hydrogens (tertiary/aromatic N) is 1. The van der Waals surface area contributed by atoms with E-state index in [-0.39, 0.29) is 60.6 Å². The van der Waals surface area contributed by atoms with E-state index in [1.54, 1.807) is 13.8 Å². The van der Waals surface area contributed by atoms with Gasteiger partial charge in [0.25, 0.3) is 0 Å². The summed E-state index contributed by atoms with van der Waals surface area (Å²) in [5.41, 5.74) is 3.33. The minimum atomic E-state index is -1.03. The molecule has 3 atom stereocenters. The number of Topliss-reactive ketones (excluding diaryl/α,β-unsaturated/α-hetero) is 3. The third kappa shape index (κ3) is 27.2. The van der Waals surface area contributed by atoms with E-state index in [1.807, 2.05) is 48.5 Å². The number of hydrogen-bond acceptors (Lipinski definition) is 12. The maximum atomic E-state index is 13.2. The van der Waals surface area contributed by atoms with E-state index in [0.717, 1.165) is 6.42 Å². The molecule has 16 heteroatoms. The minimum absolute atomic E-state index is 0.0911. The number of ether oxygens (including phenoxy) is 3. The highest BCUT2D eigenvalue weighted by Crippen LogP contribution is 2.17. The van der Waals surface area contributed by atoms with Crippen molar-refractivity contribution < 1.29 is 47.8 Å². The fourth-order valence-electron chi connectivity index (χ4n) is 5.64. The van der Waals surface area contributed by atoms with Crippen LogP contribution in [0.1, 0.15) is 134 Å². The fourth-order valence-corrected chi connectivity index (χ4v) is 5.64. The van der Waals surface area contributed by atoms with Crippen LogP contribution < -0.4 is 27.0 Å². The predicted molar refractivity (Wildman–Crippen MR) is 231 cm³/mol. The summed E-state index contributed by atoms with van der Waals surface area (Å²) in [5, 5.41) is 11.7. The molecule has 0 aliphatic carbocycles. The maximum absolute atomic E-state index is 13.2. The van der Waals surface area contributed by atoms with Crippen molar-refractivity contribution in [2.75, 3.05) is 59.3 Å². The van der Waals surface area contributed by atoms with Gasteiger partial charge in [0.15, 0.2) is 17.3 Å². The smallest absolute Gasteiger partial charge is 0.312 e. The van der Waals surface area contributed by atoms with E-state index in [2.05, 4.69) is 35.1 Å². The van der Waals surface area contributed by atoms with Crippen molar-refractivity contribution in [1.82, 2.24) is 26.2 Å². The largest absolute Gasteiger partial charge is 0.379 e. The molecule has 0 aromatic heterocycles. The molecule has 0 aliphatic rings. The third-order valence-electron chi connectivity index (χ3n) is 10.1. The Labute approximate surface area is 355 Å². The van der Waals surface area contributed by atoms with E-state index < -0.39 is 29.2 Å². The van der Waals surface area contributed by atoms with Gasteiger partial charge in [-0.15, -0.1) is 0 Å². The first kappa shape index (κ1) is 57.8. The summed E-state index contributed by atoms with van der Waals surface area (Å²) in [6.45, 7) is 25.4. The summed E-state index contributed by atoms with van der Waals surface area (Å²) in [6.07, 6.45) is 4.38. The van der Waals surface area contributed by atoms with Crippen LogP contribution in [0.5, 0.6) is 0 Å². The van der Waals surface area contributed by atoms with Gasteiger partial charge in [0.2, 0.25) is 18.2 Å². The fraction of sp³-hybridized carbons (Fsp3) is 0.837. The average Bonchev–Trinajstić information content (AvgIpc) is 3.16. The molecule has 0 saturated carbocycles. The topological polar surface area (TPSA) is 225 Å². The van der Waals surface area contributed by atoms with Crippen LogP contribution in [0.25, 0.3) is 0 Å². The first-order valence-electron chi connectivity index (χ1n) is 21.6. The van der Waals surface area contributed by atoms with Gasteiger partial charge in [-0.1, -0.05) is 54.9 Å². The molecular formula is C43H82N6O10. The summed E-state index contributed by atoms with van der Waals surface area (Å²) < 4.78 is 16.8. The van der Waals surface area contributed by atoms with Crippen LogP contribution in [-0.4, -0.2) is 129 Å². The van der Waals surface area contributed by atoms with Crippen molar-refractivity contribution >= 4 is 41.6 Å². The van der Waals surface area contributed by atoms with Gasteiger partial charge in [0.05, 0.1) is 62.8 Å². The van der Waals surface area contributed by atoms with Crippen molar-refractivity contribution in [3.63, 3.8) is 0 Å². The van der Waals surface area contributed by atoms with Gasteiger partial charge >= 0.3 is 6.03 Å². The second kappa shape index (κ2) is 32.5. The second-order valence-electron chi connectivity index (χ2n) is 16.5. The molecule has 0 heterocycles. The van der Waals surface area contributed by atoms with Crippen molar-refractivity contribution in [3.05, 3.63) is 0 Å². The normalized spacial score (nSPS) is 13.2. The molecule has 0 spiro atoms. The number of hydrogen-bond donors (Lipinski definition) is 5. The number of nitrogens with two attached hydrogens (primary N) is 1. The zero-order chi connectivity index (χ0) is 45.6. The summed E-state index contributed by atoms with van der Waals surface area (Å²) in [4.78, 5) is 87.1. The molecule has 59 heavy (non-hydrogen) atoms. The lowest BCUT2D eigenvalue weighted by atomic mass is 9.92. The Morgan fingerprint density at radius 2 is 1.27 bits per heavy atom. The van der Waals surface area contributed by atoms with E-state index in [4.69, 9.17) is 19.9 Å². The van der Waals surface area contributed by atoms with Gasteiger partial charge in [-0.2, -0.15) is 0 Å². The molecule has 0 aliphatic heterocycles. The highest BCUT2D eigenvalue weighted by Gasteiger charge is 2.35. The molecule has 344 valence electrons. The highest BCUT2D eigenvalue weighted by atomic mass is 16.5. The lowest BCUT2D eigenvalue weighted by Gasteiger charge is -2.33. The molecule has 0 rings (SSSR count). The molecule has 0 radical (unpaired) electrons. The van der Waals surface area contributed by atoms with Crippen molar-refractivity contribution in [2.24, 2.45) is 23.5 Å². The van der Waals surface area contributed by atoms with Crippen molar-refractivity contribution in [1.29, 1.82) is 0 Å². The van der Waals surface area contributed by atoms with Crippen LogP contribution in [-0.2, 0) is 43.0 Å². The van der Waals surface area contributed by atoms with E-state index in [1.165, 1.54) is 11.8 Å². The molecule has 5 amide bonds. The number of nitrogens with one attached hydrogen (secondary N) is 4. The van der Waals surface area contributed by atoms with Crippen LogP contribution in [0.3, 0.4) is 0 Å². The second-order valence-corrected chi connectivity index (χ2v) is 16.5. The summed E-state index contributed by atoms with van der Waals surface area (Å²) in [5.74, 6) is -0.377. The molecule has 0 aromatic rings. The highest BCUT2D eigenvalue weighted by molar-refractivity contribution is 5.92. The van der Waals surface area contributed by atoms with Gasteiger partial charge in [0, 0.05) is 38.9 Å². The maximum Gasteiger partial charge on any atom is 0.312 e. The SMILES string of the molecule is CC.CC(=O)C(CCCNC(N)=O)NC(=O)C(NC(C)(C)C(=O)CCOCCOCCOCCNC(C)(C)C(=O)CCCCCN(C=O)C(=O)CC(C)C(C)C)C(C)C. The Kier molecular flexibility index (Phi) is 31.8. The predicted octanol–water partition coefficient (Wildman–Crippen LogP) is 4.10. The van der Waals surface area contributed by atoms with E-state index in [9.17, 15) is 33.6 Å². The van der Waals surface area contributed by atoms with Crippen LogP contribution >= 0.6 is 0 Å². The van der Waals surface area contributed by atoms with Crippen LogP contribution in [0.15, 0.2) is 0 Å². The first-order chi connectivity index (χ1) is 27.7. The molecule has 0 bridgehead atoms. The summed E-state index contributed by atoms with van der Waals surface area (Å²) >= 11 is 0. The first-order valence-corrected chi connectivity index (χ1v) is 21.6. The molecule has 16 nitrogen and oxygen atoms in total. The minimum Gasteiger partial charge on any atom is -0.379 e. The molecule has 0 fully saturated rings. The van der Waals surface area contributed by atoms with E-state index in [0.29, 0.717) is 97.0 Å². The number of imide groups is 1. The number of urea groups is 1. The molecule has 6 N–H and O–H groups in total. The standard InChI is InChI=1S/C41H76N6O10.C2H6/c1-29(2)31(5)27-36(52)47(28-48)20-13-11-12-16-34(50)40(7,8)44-19-22-56-24-26-57-25-23-55-21-17-35(51)41(9,10)46-37(30(3)4)38(53)45-33(32(6)49)15-14-18-43-39(42)54;1-2/h28-31,33,37,44,46H,11-27H2,1-10H3,(H,45,53)(H3,42,43,54);1-2H3. The zero-order valence-electron chi connectivity index (χ0n) is 38.6. The number of ketones is 3. The molecule has 3 unspecified atom stereocenters. The lowest BCUT2D eigenvalue weighted by molar-refractivity contribution is -0.139. The number of unbranched alkanes of at least 4 members (excludes halogenated alkanes) is 2. The number of rotatable bonds is 35. The quantitative estimate of drug-likeness (QED) is 0.0450. The molecule has 0 aromatic carbocycles. The van der Waals surface area contributed by atoms with Crippen LogP contribution in [0.4, 0.5) is 4.79 Å². The number of carbonyl (C=O) groups excluding carboxylic acids is 7. The van der Waals surface area contributed by atoms with Gasteiger partial charge < -0.3 is 35.9 Å².